The Balaban J connectivity index is 2.12. The van der Waals surface area contributed by atoms with E-state index < -0.39 is 0 Å². The van der Waals surface area contributed by atoms with Gasteiger partial charge in [0.2, 0.25) is 5.89 Å². The summed E-state index contributed by atoms with van der Waals surface area (Å²) in [5.74, 6) is 1.41. The molecule has 0 radical (unpaired) electrons. The maximum atomic E-state index is 5.27. The molecule has 0 aliphatic heterocycles. The standard InChI is InChI=1S/C10H12N4OS/c1-3-11-8-5-4-6-9(12-8)16-10-14-13-7(2)15-10/h4-6H,3H2,1-2H3,(H,11,12). The van der Waals surface area contributed by atoms with Crippen LogP contribution in [0, 0.1) is 6.92 Å². The van der Waals surface area contributed by atoms with Gasteiger partial charge in [0.05, 0.1) is 0 Å². The Morgan fingerprint density at radius 2 is 2.25 bits per heavy atom. The van der Waals surface area contributed by atoms with Gasteiger partial charge in [-0.2, -0.15) is 0 Å². The molecule has 0 bridgehead atoms. The number of aromatic nitrogens is 3. The average Bonchev–Trinajstić information content (AvgIpc) is 2.65. The van der Waals surface area contributed by atoms with Crippen LogP contribution in [0.15, 0.2) is 32.9 Å². The Morgan fingerprint density at radius 1 is 1.38 bits per heavy atom. The smallest absolute Gasteiger partial charge is 0.282 e. The highest BCUT2D eigenvalue weighted by Crippen LogP contribution is 2.25. The number of pyridine rings is 1. The fourth-order valence-electron chi connectivity index (χ4n) is 1.16. The second-order valence-corrected chi connectivity index (χ2v) is 4.05. The summed E-state index contributed by atoms with van der Waals surface area (Å²) in [5, 5.41) is 12.2. The highest BCUT2D eigenvalue weighted by atomic mass is 32.2. The summed E-state index contributed by atoms with van der Waals surface area (Å²) in [6.45, 7) is 4.64. The minimum absolute atomic E-state index is 0.513. The van der Waals surface area contributed by atoms with E-state index in [-0.39, 0.29) is 0 Å². The van der Waals surface area contributed by atoms with Crippen molar-refractivity contribution in [3.8, 4) is 0 Å². The van der Waals surface area contributed by atoms with E-state index in [0.29, 0.717) is 11.1 Å². The third-order valence-electron chi connectivity index (χ3n) is 1.78. The van der Waals surface area contributed by atoms with Crippen molar-refractivity contribution >= 4 is 17.6 Å². The lowest BCUT2D eigenvalue weighted by Crippen LogP contribution is -1.98. The molecule has 0 saturated heterocycles. The van der Waals surface area contributed by atoms with E-state index in [1.165, 1.54) is 11.8 Å². The van der Waals surface area contributed by atoms with Gasteiger partial charge >= 0.3 is 0 Å². The van der Waals surface area contributed by atoms with E-state index in [9.17, 15) is 0 Å². The van der Waals surface area contributed by atoms with Crippen molar-refractivity contribution in [2.45, 2.75) is 24.1 Å². The van der Waals surface area contributed by atoms with E-state index >= 15 is 0 Å². The maximum Gasteiger partial charge on any atom is 0.282 e. The van der Waals surface area contributed by atoms with Crippen molar-refractivity contribution in [3.63, 3.8) is 0 Å². The van der Waals surface area contributed by atoms with E-state index in [0.717, 1.165) is 17.4 Å². The molecule has 0 fully saturated rings. The van der Waals surface area contributed by atoms with E-state index in [4.69, 9.17) is 4.42 Å². The third-order valence-corrected chi connectivity index (χ3v) is 2.56. The van der Waals surface area contributed by atoms with Gasteiger partial charge in [-0.05, 0) is 30.8 Å². The summed E-state index contributed by atoms with van der Waals surface area (Å²) >= 11 is 1.36. The molecule has 2 rings (SSSR count). The highest BCUT2D eigenvalue weighted by Gasteiger charge is 2.06. The lowest BCUT2D eigenvalue weighted by molar-refractivity contribution is 0.429. The normalized spacial score (nSPS) is 10.4. The van der Waals surface area contributed by atoms with Crippen molar-refractivity contribution in [3.05, 3.63) is 24.1 Å². The molecule has 6 heteroatoms. The Labute approximate surface area is 97.7 Å². The van der Waals surface area contributed by atoms with Crippen LogP contribution in [0.25, 0.3) is 0 Å². The fraction of sp³-hybridized carbons (Fsp3) is 0.300. The number of hydrogen-bond donors (Lipinski definition) is 1. The Bertz CT molecular complexity index is 471. The van der Waals surface area contributed by atoms with Crippen LogP contribution in [0.2, 0.25) is 0 Å². The van der Waals surface area contributed by atoms with Crippen LogP contribution >= 0.6 is 11.8 Å². The molecule has 84 valence electrons. The van der Waals surface area contributed by atoms with E-state index in [1.54, 1.807) is 6.92 Å². The first-order chi connectivity index (χ1) is 7.78. The monoisotopic (exact) mass is 236 g/mol. The molecule has 0 amide bonds. The molecule has 1 N–H and O–H groups in total. The number of rotatable bonds is 4. The first-order valence-electron chi connectivity index (χ1n) is 4.97. The van der Waals surface area contributed by atoms with Crippen molar-refractivity contribution in [2.24, 2.45) is 0 Å². The van der Waals surface area contributed by atoms with Crippen molar-refractivity contribution in [2.75, 3.05) is 11.9 Å². The van der Waals surface area contributed by atoms with Gasteiger partial charge in [0.15, 0.2) is 0 Å². The lowest BCUT2D eigenvalue weighted by atomic mass is 10.4. The Hall–Kier alpha value is -1.56. The molecular weight excluding hydrogens is 224 g/mol. The van der Waals surface area contributed by atoms with Crippen molar-refractivity contribution < 1.29 is 4.42 Å². The minimum Gasteiger partial charge on any atom is -0.416 e. The number of aryl methyl sites for hydroxylation is 1. The van der Waals surface area contributed by atoms with Gasteiger partial charge < -0.3 is 9.73 Å². The molecule has 0 aliphatic rings. The Kier molecular flexibility index (Phi) is 3.40. The summed E-state index contributed by atoms with van der Waals surface area (Å²) < 4.78 is 5.27. The molecule has 2 heterocycles. The molecular formula is C10H12N4OS. The fourth-order valence-corrected chi connectivity index (χ4v) is 1.87. The molecule has 0 aromatic carbocycles. The first-order valence-corrected chi connectivity index (χ1v) is 5.78. The molecule has 0 saturated carbocycles. The van der Waals surface area contributed by atoms with Gasteiger partial charge in [0.1, 0.15) is 10.8 Å². The number of nitrogens with one attached hydrogen (secondary N) is 1. The second-order valence-electron chi connectivity index (χ2n) is 3.08. The van der Waals surface area contributed by atoms with Crippen LogP contribution < -0.4 is 5.32 Å². The predicted molar refractivity (Wildman–Crippen MR) is 61.6 cm³/mol. The Morgan fingerprint density at radius 3 is 2.94 bits per heavy atom. The SMILES string of the molecule is CCNc1cccc(Sc2nnc(C)o2)n1. The summed E-state index contributed by atoms with van der Waals surface area (Å²) in [6, 6.07) is 5.77. The summed E-state index contributed by atoms with van der Waals surface area (Å²) in [4.78, 5) is 4.39. The van der Waals surface area contributed by atoms with Crippen LogP contribution in [-0.2, 0) is 0 Å². The molecule has 0 spiro atoms. The number of anilines is 1. The first kappa shape index (κ1) is 10.9. The van der Waals surface area contributed by atoms with Gasteiger partial charge in [-0.15, -0.1) is 10.2 Å². The summed E-state index contributed by atoms with van der Waals surface area (Å²) in [5.41, 5.74) is 0. The van der Waals surface area contributed by atoms with Gasteiger partial charge in [-0.1, -0.05) is 6.07 Å². The van der Waals surface area contributed by atoms with Crippen molar-refractivity contribution in [1.82, 2.24) is 15.2 Å². The van der Waals surface area contributed by atoms with E-state index in [2.05, 4.69) is 20.5 Å². The lowest BCUT2D eigenvalue weighted by Gasteiger charge is -2.02. The summed E-state index contributed by atoms with van der Waals surface area (Å²) in [7, 11) is 0. The molecule has 2 aromatic rings. The van der Waals surface area contributed by atoms with Gasteiger partial charge in [0, 0.05) is 13.5 Å². The molecule has 0 aliphatic carbocycles. The zero-order valence-corrected chi connectivity index (χ0v) is 9.91. The van der Waals surface area contributed by atoms with Gasteiger partial charge in [-0.3, -0.25) is 0 Å². The van der Waals surface area contributed by atoms with Crippen molar-refractivity contribution in [1.29, 1.82) is 0 Å². The molecule has 16 heavy (non-hydrogen) atoms. The quantitative estimate of drug-likeness (QED) is 0.879. The zero-order chi connectivity index (χ0) is 11.4. The van der Waals surface area contributed by atoms with E-state index in [1.807, 2.05) is 25.1 Å². The zero-order valence-electron chi connectivity index (χ0n) is 9.10. The minimum atomic E-state index is 0.513. The topological polar surface area (TPSA) is 63.8 Å². The molecule has 0 unspecified atom stereocenters. The second kappa shape index (κ2) is 4.98. The predicted octanol–water partition coefficient (Wildman–Crippen LogP) is 2.36. The van der Waals surface area contributed by atoms with Crippen LogP contribution in [0.1, 0.15) is 12.8 Å². The molecule has 0 atom stereocenters. The van der Waals surface area contributed by atoms with Crippen LogP contribution in [0.4, 0.5) is 5.82 Å². The summed E-state index contributed by atoms with van der Waals surface area (Å²) in [6.07, 6.45) is 0. The van der Waals surface area contributed by atoms with Crippen LogP contribution in [-0.4, -0.2) is 21.7 Å². The third kappa shape index (κ3) is 2.73. The van der Waals surface area contributed by atoms with Gasteiger partial charge in [-0.25, -0.2) is 4.98 Å². The number of hydrogen-bond acceptors (Lipinski definition) is 6. The van der Waals surface area contributed by atoms with Gasteiger partial charge in [0.25, 0.3) is 5.22 Å². The number of nitrogens with zero attached hydrogens (tertiary/aromatic N) is 3. The molecule has 5 nitrogen and oxygen atoms in total. The largest absolute Gasteiger partial charge is 0.416 e. The maximum absolute atomic E-state index is 5.27. The van der Waals surface area contributed by atoms with Crippen LogP contribution in [0.5, 0.6) is 0 Å². The average molecular weight is 236 g/mol. The highest BCUT2D eigenvalue weighted by molar-refractivity contribution is 7.99. The van der Waals surface area contributed by atoms with Crippen LogP contribution in [0.3, 0.4) is 0 Å². The molecule has 2 aromatic heterocycles.